The maximum atomic E-state index is 12.5. The Labute approximate surface area is 175 Å². The van der Waals surface area contributed by atoms with Gasteiger partial charge in [-0.25, -0.2) is 0 Å². The van der Waals surface area contributed by atoms with Gasteiger partial charge in [-0.2, -0.15) is 0 Å². The van der Waals surface area contributed by atoms with Gasteiger partial charge < -0.3 is 10.2 Å². The number of hydrogen-bond acceptors (Lipinski definition) is 5. The van der Waals surface area contributed by atoms with Crippen molar-refractivity contribution in [2.75, 3.05) is 29.1 Å². The molecule has 1 saturated heterocycles. The van der Waals surface area contributed by atoms with Crippen LogP contribution < -0.4 is 10.2 Å². The van der Waals surface area contributed by atoms with Gasteiger partial charge in [0.2, 0.25) is 11.9 Å². The average molecular weight is 408 g/mol. The van der Waals surface area contributed by atoms with E-state index in [1.807, 2.05) is 61.5 Å². The molecule has 1 aliphatic heterocycles. The van der Waals surface area contributed by atoms with E-state index < -0.39 is 0 Å². The van der Waals surface area contributed by atoms with Crippen molar-refractivity contribution >= 4 is 29.3 Å². The van der Waals surface area contributed by atoms with Crippen molar-refractivity contribution in [3.63, 3.8) is 0 Å². The highest BCUT2D eigenvalue weighted by atomic mass is 32.2. The number of carbonyl (C=O) groups excluding carboxylic acids is 1. The lowest BCUT2D eigenvalue weighted by molar-refractivity contribution is -0.113. The number of nitrogens with zero attached hydrogens (tertiary/aromatic N) is 4. The number of amides is 1. The molecule has 1 N–H and O–H groups in total. The van der Waals surface area contributed by atoms with E-state index in [-0.39, 0.29) is 11.7 Å². The van der Waals surface area contributed by atoms with E-state index in [4.69, 9.17) is 0 Å². The van der Waals surface area contributed by atoms with Gasteiger partial charge in [-0.15, -0.1) is 10.2 Å². The zero-order valence-corrected chi connectivity index (χ0v) is 17.4. The number of benzene rings is 2. The molecule has 2 heterocycles. The molecule has 29 heavy (non-hydrogen) atoms. The molecule has 6 nitrogen and oxygen atoms in total. The Bertz CT molecular complexity index is 966. The van der Waals surface area contributed by atoms with Crippen LogP contribution in [0.5, 0.6) is 0 Å². The first-order valence-electron chi connectivity index (χ1n) is 9.96. The Kier molecular flexibility index (Phi) is 6.14. The van der Waals surface area contributed by atoms with Crippen LogP contribution in [0.2, 0.25) is 0 Å². The summed E-state index contributed by atoms with van der Waals surface area (Å²) >= 11 is 1.41. The number of aryl methyl sites for hydroxylation is 1. The topological polar surface area (TPSA) is 63.1 Å². The monoisotopic (exact) mass is 407 g/mol. The standard InChI is InChI=1S/C22H25N5OS/c1-17-10-6-7-13-19(17)23-20(28)16-29-22-25-24-21(26-14-8-3-9-15-26)27(22)18-11-4-2-5-12-18/h2,4-7,10-13H,3,8-9,14-16H2,1H3,(H,23,28). The van der Waals surface area contributed by atoms with E-state index in [0.29, 0.717) is 0 Å². The Balaban J connectivity index is 1.53. The van der Waals surface area contributed by atoms with Crippen molar-refractivity contribution < 1.29 is 4.79 Å². The number of carbonyl (C=O) groups is 1. The normalized spacial score (nSPS) is 14.0. The van der Waals surface area contributed by atoms with E-state index in [0.717, 1.165) is 41.1 Å². The van der Waals surface area contributed by atoms with Crippen molar-refractivity contribution in [2.45, 2.75) is 31.3 Å². The van der Waals surface area contributed by atoms with Gasteiger partial charge in [0.15, 0.2) is 5.16 Å². The number of piperidine rings is 1. The minimum atomic E-state index is -0.0496. The Morgan fingerprint density at radius 3 is 2.48 bits per heavy atom. The first-order valence-corrected chi connectivity index (χ1v) is 10.9. The fourth-order valence-electron chi connectivity index (χ4n) is 3.49. The molecule has 7 heteroatoms. The van der Waals surface area contributed by atoms with E-state index in [1.165, 1.54) is 31.0 Å². The summed E-state index contributed by atoms with van der Waals surface area (Å²) in [6.07, 6.45) is 3.60. The van der Waals surface area contributed by atoms with Crippen LogP contribution in [-0.2, 0) is 4.79 Å². The first-order chi connectivity index (χ1) is 14.2. The predicted octanol–water partition coefficient (Wildman–Crippen LogP) is 4.30. The van der Waals surface area contributed by atoms with Crippen LogP contribution in [-0.4, -0.2) is 39.5 Å². The SMILES string of the molecule is Cc1ccccc1NC(=O)CSc1nnc(N2CCCCC2)n1-c1ccccc1. The zero-order chi connectivity index (χ0) is 20.1. The van der Waals surface area contributed by atoms with Crippen molar-refractivity contribution in [1.82, 2.24) is 14.8 Å². The maximum Gasteiger partial charge on any atom is 0.234 e. The molecule has 0 atom stereocenters. The summed E-state index contributed by atoms with van der Waals surface area (Å²) in [5.41, 5.74) is 2.90. The van der Waals surface area contributed by atoms with Crippen LogP contribution in [0.3, 0.4) is 0 Å². The average Bonchev–Trinajstić information content (AvgIpc) is 3.19. The van der Waals surface area contributed by atoms with Gasteiger partial charge in [0.05, 0.1) is 11.4 Å². The van der Waals surface area contributed by atoms with Crippen LogP contribution in [0, 0.1) is 6.92 Å². The number of hydrogen-bond donors (Lipinski definition) is 1. The zero-order valence-electron chi connectivity index (χ0n) is 16.5. The second-order valence-corrected chi connectivity index (χ2v) is 8.10. The minimum Gasteiger partial charge on any atom is -0.341 e. The highest BCUT2D eigenvalue weighted by molar-refractivity contribution is 7.99. The van der Waals surface area contributed by atoms with Crippen LogP contribution in [0.15, 0.2) is 59.8 Å². The highest BCUT2D eigenvalue weighted by Gasteiger charge is 2.22. The van der Waals surface area contributed by atoms with Gasteiger partial charge >= 0.3 is 0 Å². The maximum absolute atomic E-state index is 12.5. The van der Waals surface area contributed by atoms with E-state index >= 15 is 0 Å². The molecule has 1 fully saturated rings. The third-order valence-electron chi connectivity index (χ3n) is 5.02. The number of nitrogens with one attached hydrogen (secondary N) is 1. The van der Waals surface area contributed by atoms with E-state index in [2.05, 4.69) is 25.0 Å². The number of para-hydroxylation sites is 2. The Morgan fingerprint density at radius 1 is 1.00 bits per heavy atom. The third-order valence-corrected chi connectivity index (χ3v) is 5.95. The third kappa shape index (κ3) is 4.62. The quantitative estimate of drug-likeness (QED) is 0.618. The van der Waals surface area contributed by atoms with Crippen molar-refractivity contribution in [2.24, 2.45) is 0 Å². The molecule has 0 radical (unpaired) electrons. The van der Waals surface area contributed by atoms with Crippen LogP contribution in [0.25, 0.3) is 5.69 Å². The first kappa shape index (κ1) is 19.5. The van der Waals surface area contributed by atoms with Crippen molar-refractivity contribution in [1.29, 1.82) is 0 Å². The molecule has 1 amide bonds. The molecule has 0 spiro atoms. The number of rotatable bonds is 6. The second-order valence-electron chi connectivity index (χ2n) is 7.15. The van der Waals surface area contributed by atoms with Gasteiger partial charge in [-0.3, -0.25) is 9.36 Å². The number of thioether (sulfide) groups is 1. The Hall–Kier alpha value is -2.80. The lowest BCUT2D eigenvalue weighted by Gasteiger charge is -2.27. The number of anilines is 2. The van der Waals surface area contributed by atoms with Crippen LogP contribution in [0.4, 0.5) is 11.6 Å². The fraction of sp³-hybridized carbons (Fsp3) is 0.318. The van der Waals surface area contributed by atoms with Gasteiger partial charge in [-0.1, -0.05) is 48.2 Å². The summed E-state index contributed by atoms with van der Waals surface area (Å²) in [5.74, 6) is 1.09. The summed E-state index contributed by atoms with van der Waals surface area (Å²) in [4.78, 5) is 14.8. The molecule has 2 aromatic carbocycles. The molecule has 0 aliphatic carbocycles. The van der Waals surface area contributed by atoms with Crippen LogP contribution in [0.1, 0.15) is 24.8 Å². The summed E-state index contributed by atoms with van der Waals surface area (Å²) in [7, 11) is 0. The molecule has 1 aliphatic rings. The predicted molar refractivity (Wildman–Crippen MR) is 118 cm³/mol. The molecular formula is C22H25N5OS. The molecule has 1 aromatic heterocycles. The van der Waals surface area contributed by atoms with Gasteiger partial charge in [-0.05, 0) is 49.9 Å². The summed E-state index contributed by atoms with van der Waals surface area (Å²) in [6, 6.07) is 17.9. The van der Waals surface area contributed by atoms with E-state index in [1.54, 1.807) is 0 Å². The molecule has 150 valence electrons. The van der Waals surface area contributed by atoms with Gasteiger partial charge in [0.1, 0.15) is 0 Å². The number of aromatic nitrogens is 3. The molecule has 0 saturated carbocycles. The summed E-state index contributed by atoms with van der Waals surface area (Å²) in [5, 5.41) is 12.6. The molecular weight excluding hydrogens is 382 g/mol. The summed E-state index contributed by atoms with van der Waals surface area (Å²) < 4.78 is 2.07. The van der Waals surface area contributed by atoms with Crippen molar-refractivity contribution in [3.05, 3.63) is 60.2 Å². The lowest BCUT2D eigenvalue weighted by atomic mass is 10.1. The molecule has 0 bridgehead atoms. The lowest BCUT2D eigenvalue weighted by Crippen LogP contribution is -2.31. The molecule has 3 aromatic rings. The summed E-state index contributed by atoms with van der Waals surface area (Å²) in [6.45, 7) is 3.96. The Morgan fingerprint density at radius 2 is 1.72 bits per heavy atom. The molecule has 0 unspecified atom stereocenters. The fourth-order valence-corrected chi connectivity index (χ4v) is 4.23. The van der Waals surface area contributed by atoms with Gasteiger partial charge in [0.25, 0.3) is 0 Å². The van der Waals surface area contributed by atoms with Crippen LogP contribution >= 0.6 is 11.8 Å². The second kappa shape index (κ2) is 9.13. The van der Waals surface area contributed by atoms with Gasteiger partial charge in [0, 0.05) is 18.8 Å². The molecule has 4 rings (SSSR count). The smallest absolute Gasteiger partial charge is 0.234 e. The minimum absolute atomic E-state index is 0.0496. The largest absolute Gasteiger partial charge is 0.341 e. The highest BCUT2D eigenvalue weighted by Crippen LogP contribution is 2.28. The van der Waals surface area contributed by atoms with E-state index in [9.17, 15) is 4.79 Å². The van der Waals surface area contributed by atoms with Crippen molar-refractivity contribution in [3.8, 4) is 5.69 Å².